The van der Waals surface area contributed by atoms with Crippen LogP contribution in [0.15, 0.2) is 42.5 Å². The van der Waals surface area contributed by atoms with Gasteiger partial charge in [0.05, 0.1) is 0 Å². The molecule has 7 nitrogen and oxygen atoms in total. The summed E-state index contributed by atoms with van der Waals surface area (Å²) in [5.41, 5.74) is -1.68. The maximum Gasteiger partial charge on any atom is 1.00 e. The normalized spacial score (nSPS) is 12.8. The number of rotatable bonds is 9. The molecule has 2 aromatic carbocycles. The molecule has 0 saturated heterocycles. The molecular formula is C16H17F2KO7PS+. The van der Waals surface area contributed by atoms with Gasteiger partial charge in [0.15, 0.2) is 0 Å². The second kappa shape index (κ2) is 11.7. The van der Waals surface area contributed by atoms with Crippen LogP contribution in [0.4, 0.5) is 8.78 Å². The Morgan fingerprint density at radius 2 is 1.71 bits per heavy atom. The molecule has 12 heteroatoms. The zero-order valence-electron chi connectivity index (χ0n) is 15.8. The minimum Gasteiger partial charge on any atom is -1.00 e. The van der Waals surface area contributed by atoms with Crippen molar-refractivity contribution < 1.29 is 93.3 Å². The first-order chi connectivity index (χ1) is 12.6. The third-order valence-electron chi connectivity index (χ3n) is 3.49. The van der Waals surface area contributed by atoms with Gasteiger partial charge in [0.1, 0.15) is 23.1 Å². The molecule has 0 saturated carbocycles. The van der Waals surface area contributed by atoms with Gasteiger partial charge in [-0.1, -0.05) is 4.52 Å². The van der Waals surface area contributed by atoms with Gasteiger partial charge in [0.25, 0.3) is 10.1 Å². The fourth-order valence-electron chi connectivity index (χ4n) is 2.26. The summed E-state index contributed by atoms with van der Waals surface area (Å²) in [6.45, 7) is 0. The first kappa shape index (κ1) is 25.7. The maximum atomic E-state index is 13.9. The Balaban J connectivity index is 0.00000392. The summed E-state index contributed by atoms with van der Waals surface area (Å²) in [7, 11) is -7.92. The Morgan fingerprint density at radius 1 is 1.11 bits per heavy atom. The number of ether oxygens (including phenoxy) is 1. The molecule has 2 aromatic rings. The molecule has 0 amide bonds. The average Bonchev–Trinajstić information content (AvgIpc) is 2.57. The van der Waals surface area contributed by atoms with Crippen LogP contribution in [0.1, 0.15) is 19.8 Å². The molecule has 2 atom stereocenters. The summed E-state index contributed by atoms with van der Waals surface area (Å²) in [5.74, 6) is -0.346. The Hall–Kier alpha value is -0.334. The van der Waals surface area contributed by atoms with E-state index in [4.69, 9.17) is 14.2 Å². The number of halogens is 2. The largest absolute Gasteiger partial charge is 1.00 e. The van der Waals surface area contributed by atoms with Gasteiger partial charge in [-0.15, -0.1) is 4.89 Å². The molecule has 2 rings (SSSR count). The summed E-state index contributed by atoms with van der Waals surface area (Å²) in [6.07, 6.45) is -0.211. The standard InChI is InChI=1S/C16H15F2O7PS.K.H/c17-12-4-6-13(7-5-12)24-14-8-9-15(18)11(10-14)2-1-3-16(25-26(19)20)27(21,22)23;;/h4-10,16H,1-3H2,(H-,19,20,21,22,23);;/q;+1;-1/p+1. The van der Waals surface area contributed by atoms with Crippen molar-refractivity contribution in [3.63, 3.8) is 0 Å². The summed E-state index contributed by atoms with van der Waals surface area (Å²) in [4.78, 5) is 8.65. The summed E-state index contributed by atoms with van der Waals surface area (Å²) in [5, 5.41) is 0. The quantitative estimate of drug-likeness (QED) is 0.327. The van der Waals surface area contributed by atoms with Crippen molar-refractivity contribution in [2.45, 2.75) is 24.7 Å². The minimum absolute atomic E-state index is 0. The van der Waals surface area contributed by atoms with Crippen molar-refractivity contribution in [2.75, 3.05) is 0 Å². The van der Waals surface area contributed by atoms with E-state index in [1.807, 2.05) is 0 Å². The van der Waals surface area contributed by atoms with E-state index < -0.39 is 35.4 Å². The van der Waals surface area contributed by atoms with Crippen LogP contribution in [0.5, 0.6) is 11.5 Å². The molecular weight excluding hydrogens is 444 g/mol. The molecule has 0 aliphatic carbocycles. The molecule has 148 valence electrons. The first-order valence-corrected chi connectivity index (χ1v) is 10.3. The van der Waals surface area contributed by atoms with E-state index in [1.54, 1.807) is 0 Å². The Bertz CT molecular complexity index is 916. The van der Waals surface area contributed by atoms with Crippen LogP contribution in [-0.4, -0.2) is 23.3 Å². The summed E-state index contributed by atoms with van der Waals surface area (Å²) < 4.78 is 78.5. The van der Waals surface area contributed by atoms with Gasteiger partial charge >= 0.3 is 59.6 Å². The molecule has 2 N–H and O–H groups in total. The fraction of sp³-hybridized carbons (Fsp3) is 0.250. The van der Waals surface area contributed by atoms with Crippen LogP contribution in [0, 0.1) is 11.6 Å². The van der Waals surface area contributed by atoms with E-state index in [0.29, 0.717) is 11.5 Å². The Kier molecular flexibility index (Phi) is 10.8. The van der Waals surface area contributed by atoms with Crippen LogP contribution >= 0.6 is 8.25 Å². The van der Waals surface area contributed by atoms with Crippen molar-refractivity contribution in [3.05, 3.63) is 59.7 Å². The Morgan fingerprint density at radius 3 is 2.29 bits per heavy atom. The van der Waals surface area contributed by atoms with Crippen LogP contribution in [0.3, 0.4) is 0 Å². The van der Waals surface area contributed by atoms with Gasteiger partial charge < -0.3 is 6.16 Å². The summed E-state index contributed by atoms with van der Waals surface area (Å²) in [6, 6.07) is 9.17. The predicted octanol–water partition coefficient (Wildman–Crippen LogP) is 1.08. The molecule has 0 heterocycles. The molecule has 0 aliphatic rings. The third-order valence-corrected chi connectivity index (χ3v) is 5.07. The second-order valence-electron chi connectivity index (χ2n) is 5.49. The number of benzene rings is 2. The van der Waals surface area contributed by atoms with Crippen molar-refractivity contribution >= 4 is 18.4 Å². The van der Waals surface area contributed by atoms with Gasteiger partial charge in [-0.2, -0.15) is 8.42 Å². The van der Waals surface area contributed by atoms with Gasteiger partial charge in [0.2, 0.25) is 5.44 Å². The van der Waals surface area contributed by atoms with E-state index in [0.717, 1.165) is 6.07 Å². The van der Waals surface area contributed by atoms with Gasteiger partial charge in [-0.3, -0.25) is 4.55 Å². The van der Waals surface area contributed by atoms with Crippen molar-refractivity contribution in [3.8, 4) is 11.5 Å². The van der Waals surface area contributed by atoms with E-state index in [1.165, 1.54) is 36.4 Å². The van der Waals surface area contributed by atoms with Gasteiger partial charge in [0, 0.05) is 4.57 Å². The van der Waals surface area contributed by atoms with Crippen LogP contribution < -0.4 is 56.1 Å². The molecule has 0 aliphatic heterocycles. The van der Waals surface area contributed by atoms with E-state index >= 15 is 0 Å². The Labute approximate surface area is 205 Å². The summed E-state index contributed by atoms with van der Waals surface area (Å²) >= 11 is 0. The van der Waals surface area contributed by atoms with Gasteiger partial charge in [-0.05, 0) is 67.3 Å². The zero-order chi connectivity index (χ0) is 20.0. The molecule has 0 aromatic heterocycles. The maximum absolute atomic E-state index is 13.9. The van der Waals surface area contributed by atoms with Gasteiger partial charge in [-0.25, -0.2) is 8.78 Å². The number of hydrogen-bond acceptors (Lipinski definition) is 5. The fourth-order valence-corrected chi connectivity index (χ4v) is 3.69. The molecule has 0 bridgehead atoms. The topological polar surface area (TPSA) is 110 Å². The molecule has 2 unspecified atom stereocenters. The molecule has 28 heavy (non-hydrogen) atoms. The van der Waals surface area contributed by atoms with Crippen LogP contribution in [0.2, 0.25) is 0 Å². The van der Waals surface area contributed by atoms with Crippen molar-refractivity contribution in [1.82, 2.24) is 0 Å². The zero-order valence-corrected chi connectivity index (χ0v) is 19.6. The smallest absolute Gasteiger partial charge is 1.00 e. The SMILES string of the molecule is O=[P+](O)OC(CCCc1cc(Oc2ccc(F)cc2)ccc1F)S(=O)(=O)O.[H-].[K+]. The molecule has 0 fully saturated rings. The monoisotopic (exact) mass is 461 g/mol. The second-order valence-corrected chi connectivity index (χ2v) is 7.73. The average molecular weight is 461 g/mol. The van der Waals surface area contributed by atoms with E-state index in [2.05, 4.69) is 4.52 Å². The van der Waals surface area contributed by atoms with E-state index in [-0.39, 0.29) is 77.6 Å². The molecule has 0 spiro atoms. The van der Waals surface area contributed by atoms with E-state index in [9.17, 15) is 21.8 Å². The number of aryl methyl sites for hydroxylation is 1. The number of hydrogen-bond donors (Lipinski definition) is 2. The minimum atomic E-state index is -4.69. The van der Waals surface area contributed by atoms with Crippen molar-refractivity contribution in [2.24, 2.45) is 0 Å². The third kappa shape index (κ3) is 8.58. The van der Waals surface area contributed by atoms with Crippen molar-refractivity contribution in [1.29, 1.82) is 0 Å². The predicted molar refractivity (Wildman–Crippen MR) is 93.2 cm³/mol. The molecule has 0 radical (unpaired) electrons. The first-order valence-electron chi connectivity index (χ1n) is 7.66. The van der Waals surface area contributed by atoms with Crippen LogP contribution in [0.25, 0.3) is 0 Å². The van der Waals surface area contributed by atoms with Crippen LogP contribution in [-0.2, 0) is 25.6 Å².